The molecule has 192 valence electrons. The Morgan fingerprint density at radius 2 is 1.78 bits per heavy atom. The molecule has 1 N–H and O–H groups in total. The van der Waals surface area contributed by atoms with Gasteiger partial charge < -0.3 is 9.88 Å². The van der Waals surface area contributed by atoms with Crippen LogP contribution >= 0.6 is 11.6 Å². The molecule has 4 rings (SSSR count). The van der Waals surface area contributed by atoms with Crippen molar-refractivity contribution >= 4 is 38.4 Å². The number of carbonyl (C=O) groups is 1. The number of piperazine rings is 1. The van der Waals surface area contributed by atoms with Crippen molar-refractivity contribution in [3.05, 3.63) is 69.2 Å². The van der Waals surface area contributed by atoms with Gasteiger partial charge in [0.1, 0.15) is 5.82 Å². The second kappa shape index (κ2) is 10.2. The van der Waals surface area contributed by atoms with Crippen LogP contribution in [0.15, 0.2) is 52.2 Å². The van der Waals surface area contributed by atoms with E-state index >= 15 is 0 Å². The molecule has 36 heavy (non-hydrogen) atoms. The van der Waals surface area contributed by atoms with Crippen LogP contribution in [0.1, 0.15) is 24.2 Å². The van der Waals surface area contributed by atoms with Crippen LogP contribution in [0.4, 0.5) is 13.2 Å². The van der Waals surface area contributed by atoms with Crippen LogP contribution in [0.5, 0.6) is 0 Å². The van der Waals surface area contributed by atoms with Crippen molar-refractivity contribution in [1.29, 1.82) is 0 Å². The van der Waals surface area contributed by atoms with E-state index in [2.05, 4.69) is 9.97 Å². The summed E-state index contributed by atoms with van der Waals surface area (Å²) in [4.78, 5) is 32.9. The number of sulfonamides is 1. The first-order valence-electron chi connectivity index (χ1n) is 11.1. The third-order valence-corrected chi connectivity index (χ3v) is 8.16. The molecular weight excluding hydrogens is 521 g/mol. The van der Waals surface area contributed by atoms with Crippen molar-refractivity contribution in [3.8, 4) is 0 Å². The third-order valence-electron chi connectivity index (χ3n) is 5.94. The molecule has 1 aromatic heterocycles. The van der Waals surface area contributed by atoms with Gasteiger partial charge in [-0.3, -0.25) is 9.59 Å². The number of hydrogen-bond donors (Lipinski definition) is 1. The molecule has 1 aliphatic rings. The molecule has 8 nitrogen and oxygen atoms in total. The Morgan fingerprint density at radius 3 is 2.47 bits per heavy atom. The fraction of sp³-hybridized carbons (Fsp3) is 0.348. The molecule has 0 unspecified atom stereocenters. The number of fused-ring (bicyclic) bond motifs is 1. The SMILES string of the molecule is O=C(CCCc1nc2ccccc2c(=O)[nH]1)N1CCN(S(=O)(=O)c2ccc(Cl)c(C(F)(F)F)c2)CC1. The van der Waals surface area contributed by atoms with Crippen LogP contribution in [0, 0.1) is 0 Å². The van der Waals surface area contributed by atoms with Crippen LogP contribution in [-0.4, -0.2) is 59.7 Å². The number of nitrogens with one attached hydrogen (secondary N) is 1. The number of H-pyrrole nitrogens is 1. The van der Waals surface area contributed by atoms with Crippen LogP contribution in [0.3, 0.4) is 0 Å². The highest BCUT2D eigenvalue weighted by atomic mass is 35.5. The molecule has 0 radical (unpaired) electrons. The predicted octanol–water partition coefficient (Wildman–Crippen LogP) is 3.45. The lowest BCUT2D eigenvalue weighted by molar-refractivity contribution is -0.137. The number of benzene rings is 2. The normalized spacial score (nSPS) is 15.4. The zero-order chi connectivity index (χ0) is 26.1. The van der Waals surface area contributed by atoms with E-state index in [4.69, 9.17) is 11.6 Å². The second-order valence-corrected chi connectivity index (χ2v) is 10.7. The van der Waals surface area contributed by atoms with Gasteiger partial charge in [-0.2, -0.15) is 17.5 Å². The van der Waals surface area contributed by atoms with Gasteiger partial charge in [0.15, 0.2) is 0 Å². The number of carbonyl (C=O) groups excluding carboxylic acids is 1. The molecule has 1 amide bonds. The monoisotopic (exact) mass is 542 g/mol. The molecule has 0 atom stereocenters. The van der Waals surface area contributed by atoms with E-state index in [1.54, 1.807) is 24.3 Å². The molecule has 13 heteroatoms. The number of para-hydroxylation sites is 1. The molecule has 1 saturated heterocycles. The summed E-state index contributed by atoms with van der Waals surface area (Å²) in [6.45, 7) is 0.140. The molecule has 1 fully saturated rings. The molecule has 0 spiro atoms. The highest BCUT2D eigenvalue weighted by Crippen LogP contribution is 2.36. The van der Waals surface area contributed by atoms with E-state index in [0.29, 0.717) is 35.6 Å². The largest absolute Gasteiger partial charge is 0.417 e. The molecule has 1 aliphatic heterocycles. The summed E-state index contributed by atoms with van der Waals surface area (Å²) in [5.41, 5.74) is -0.897. The van der Waals surface area contributed by atoms with E-state index in [0.717, 1.165) is 16.4 Å². The van der Waals surface area contributed by atoms with Crippen molar-refractivity contribution in [2.24, 2.45) is 0 Å². The Kier molecular flexibility index (Phi) is 7.39. The third kappa shape index (κ3) is 5.55. The van der Waals surface area contributed by atoms with Gasteiger partial charge in [-0.1, -0.05) is 23.7 Å². The zero-order valence-electron chi connectivity index (χ0n) is 18.9. The van der Waals surface area contributed by atoms with Gasteiger partial charge >= 0.3 is 6.18 Å². The molecule has 0 aliphatic carbocycles. The first kappa shape index (κ1) is 26.1. The van der Waals surface area contributed by atoms with Crippen LogP contribution < -0.4 is 5.56 Å². The van der Waals surface area contributed by atoms with E-state index in [-0.39, 0.29) is 44.1 Å². The lowest BCUT2D eigenvalue weighted by atomic mass is 10.2. The van der Waals surface area contributed by atoms with Gasteiger partial charge in [-0.05, 0) is 36.8 Å². The Labute approximate surface area is 209 Å². The van der Waals surface area contributed by atoms with Gasteiger partial charge in [0, 0.05) is 39.0 Å². The second-order valence-electron chi connectivity index (χ2n) is 8.31. The van der Waals surface area contributed by atoms with Crippen molar-refractivity contribution in [2.75, 3.05) is 26.2 Å². The summed E-state index contributed by atoms with van der Waals surface area (Å²) < 4.78 is 66.2. The molecular formula is C23H22ClF3N4O4S. The molecule has 3 aromatic rings. The highest BCUT2D eigenvalue weighted by Gasteiger charge is 2.36. The average molecular weight is 543 g/mol. The summed E-state index contributed by atoms with van der Waals surface area (Å²) in [6, 6.07) is 9.42. The van der Waals surface area contributed by atoms with Crippen LogP contribution in [-0.2, 0) is 27.4 Å². The van der Waals surface area contributed by atoms with Gasteiger partial charge in [-0.15, -0.1) is 0 Å². The first-order valence-corrected chi connectivity index (χ1v) is 12.9. The van der Waals surface area contributed by atoms with E-state index in [1.807, 2.05) is 0 Å². The number of aromatic amines is 1. The first-order chi connectivity index (χ1) is 17.0. The number of halogens is 4. The minimum atomic E-state index is -4.79. The summed E-state index contributed by atoms with van der Waals surface area (Å²) in [5.74, 6) is 0.296. The minimum Gasteiger partial charge on any atom is -0.340 e. The highest BCUT2D eigenvalue weighted by molar-refractivity contribution is 7.89. The molecule has 2 aromatic carbocycles. The summed E-state index contributed by atoms with van der Waals surface area (Å²) in [6.07, 6.45) is -3.79. The predicted molar refractivity (Wildman–Crippen MR) is 127 cm³/mol. The fourth-order valence-corrected chi connectivity index (χ4v) is 5.70. The lowest BCUT2D eigenvalue weighted by Crippen LogP contribution is -2.50. The quantitative estimate of drug-likeness (QED) is 0.514. The van der Waals surface area contributed by atoms with Gasteiger partial charge in [0.25, 0.3) is 5.56 Å². The van der Waals surface area contributed by atoms with Crippen molar-refractivity contribution in [2.45, 2.75) is 30.3 Å². The smallest absolute Gasteiger partial charge is 0.340 e. The topological polar surface area (TPSA) is 103 Å². The Bertz CT molecular complexity index is 1450. The zero-order valence-corrected chi connectivity index (χ0v) is 20.5. The maximum absolute atomic E-state index is 13.1. The number of aryl methyl sites for hydroxylation is 1. The summed E-state index contributed by atoms with van der Waals surface area (Å²) in [7, 11) is -4.19. The van der Waals surface area contributed by atoms with E-state index < -0.39 is 31.7 Å². The number of rotatable bonds is 6. The maximum Gasteiger partial charge on any atom is 0.417 e. The van der Waals surface area contributed by atoms with Crippen LogP contribution in [0.2, 0.25) is 5.02 Å². The van der Waals surface area contributed by atoms with Crippen LogP contribution in [0.25, 0.3) is 10.9 Å². The number of hydrogen-bond acceptors (Lipinski definition) is 5. The summed E-state index contributed by atoms with van der Waals surface area (Å²) in [5, 5.41) is -0.0989. The number of amides is 1. The lowest BCUT2D eigenvalue weighted by Gasteiger charge is -2.34. The summed E-state index contributed by atoms with van der Waals surface area (Å²) >= 11 is 5.59. The number of nitrogens with zero attached hydrogens (tertiary/aromatic N) is 3. The van der Waals surface area contributed by atoms with Crippen molar-refractivity contribution < 1.29 is 26.4 Å². The molecule has 2 heterocycles. The average Bonchev–Trinajstić information content (AvgIpc) is 2.83. The Morgan fingerprint density at radius 1 is 1.08 bits per heavy atom. The molecule has 0 saturated carbocycles. The number of alkyl halides is 3. The maximum atomic E-state index is 13.1. The van der Waals surface area contributed by atoms with Gasteiger partial charge in [0.05, 0.1) is 26.4 Å². The Hall–Kier alpha value is -2.96. The van der Waals surface area contributed by atoms with Gasteiger partial charge in [-0.25, -0.2) is 13.4 Å². The number of aromatic nitrogens is 2. The van der Waals surface area contributed by atoms with Gasteiger partial charge in [0.2, 0.25) is 15.9 Å². The minimum absolute atomic E-state index is 0.0440. The van der Waals surface area contributed by atoms with E-state index in [1.165, 1.54) is 4.90 Å². The molecule has 0 bridgehead atoms. The Balaban J connectivity index is 1.33. The van der Waals surface area contributed by atoms with Crippen molar-refractivity contribution in [3.63, 3.8) is 0 Å². The fourth-order valence-electron chi connectivity index (χ4n) is 4.03. The standard InChI is InChI=1S/C23H22ClF3N4O4S/c24-18-9-8-15(14-17(18)23(25,26)27)36(34,35)31-12-10-30(11-13-31)21(32)7-3-6-20-28-19-5-2-1-4-16(19)22(33)29-20/h1-2,4-5,8-9,14H,3,6-7,10-13H2,(H,28,29,33). The van der Waals surface area contributed by atoms with E-state index in [9.17, 15) is 31.2 Å². The van der Waals surface area contributed by atoms with Crippen molar-refractivity contribution in [1.82, 2.24) is 19.2 Å².